The lowest BCUT2D eigenvalue weighted by molar-refractivity contribution is -0.137. The second kappa shape index (κ2) is 5.96. The topological polar surface area (TPSA) is 37.0 Å². The van der Waals surface area contributed by atoms with E-state index in [-0.39, 0.29) is 10.8 Å². The summed E-state index contributed by atoms with van der Waals surface area (Å²) in [5.74, 6) is 0.402. The zero-order chi connectivity index (χ0) is 13.9. The first kappa shape index (κ1) is 14.4. The summed E-state index contributed by atoms with van der Waals surface area (Å²) in [4.78, 5) is 3.58. The number of aromatic nitrogens is 1. The van der Waals surface area contributed by atoms with Crippen molar-refractivity contribution in [2.75, 3.05) is 25.0 Å². The quantitative estimate of drug-likeness (QED) is 0.841. The third-order valence-electron chi connectivity index (χ3n) is 3.15. The van der Waals surface area contributed by atoms with E-state index >= 15 is 0 Å². The van der Waals surface area contributed by atoms with Crippen molar-refractivity contribution in [3.05, 3.63) is 23.0 Å². The van der Waals surface area contributed by atoms with E-state index in [4.69, 9.17) is 11.6 Å². The summed E-state index contributed by atoms with van der Waals surface area (Å²) in [5.41, 5.74) is -0.553. The first-order valence-corrected chi connectivity index (χ1v) is 6.52. The lowest BCUT2D eigenvalue weighted by Gasteiger charge is -2.23. The average Bonchev–Trinajstić information content (AvgIpc) is 2.37. The van der Waals surface area contributed by atoms with E-state index in [0.717, 1.165) is 38.2 Å². The Morgan fingerprint density at radius 1 is 1.47 bits per heavy atom. The maximum Gasteiger partial charge on any atom is 0.417 e. The van der Waals surface area contributed by atoms with Crippen LogP contribution in [0.4, 0.5) is 18.9 Å². The second-order valence-corrected chi connectivity index (χ2v) is 5.01. The second-order valence-electron chi connectivity index (χ2n) is 4.65. The zero-order valence-corrected chi connectivity index (χ0v) is 11.0. The highest BCUT2D eigenvalue weighted by Gasteiger charge is 2.31. The number of rotatable bonds is 3. The first-order chi connectivity index (χ1) is 8.97. The highest BCUT2D eigenvalue weighted by Crippen LogP contribution is 2.32. The summed E-state index contributed by atoms with van der Waals surface area (Å²) in [6, 6.07) is 1.01. The zero-order valence-electron chi connectivity index (χ0n) is 10.2. The summed E-state index contributed by atoms with van der Waals surface area (Å²) in [5, 5.41) is 6.28. The Labute approximate surface area is 114 Å². The maximum atomic E-state index is 12.6. The fourth-order valence-electron chi connectivity index (χ4n) is 2.08. The first-order valence-electron chi connectivity index (χ1n) is 6.14. The monoisotopic (exact) mass is 293 g/mol. The molecule has 1 aromatic rings. The minimum absolute atomic E-state index is 0.0665. The number of nitrogens with zero attached hydrogens (tertiary/aromatic N) is 1. The molecule has 1 atom stereocenters. The minimum Gasteiger partial charge on any atom is -0.382 e. The van der Waals surface area contributed by atoms with Gasteiger partial charge in [-0.3, -0.25) is 0 Å². The molecule has 1 saturated heterocycles. The molecule has 0 amide bonds. The number of piperidine rings is 1. The van der Waals surface area contributed by atoms with Crippen LogP contribution in [0.25, 0.3) is 0 Å². The molecule has 0 saturated carbocycles. The number of hydrogen-bond donors (Lipinski definition) is 2. The van der Waals surface area contributed by atoms with E-state index in [1.165, 1.54) is 0 Å². The molecule has 7 heteroatoms. The molecular weight excluding hydrogens is 279 g/mol. The lowest BCUT2D eigenvalue weighted by atomic mass is 10.00. The van der Waals surface area contributed by atoms with E-state index in [0.29, 0.717) is 12.5 Å². The fraction of sp³-hybridized carbons (Fsp3) is 0.583. The Morgan fingerprint density at radius 3 is 2.89 bits per heavy atom. The van der Waals surface area contributed by atoms with Crippen molar-refractivity contribution in [1.29, 1.82) is 0 Å². The Morgan fingerprint density at radius 2 is 2.26 bits per heavy atom. The highest BCUT2D eigenvalue weighted by atomic mass is 35.5. The number of hydrogen-bond acceptors (Lipinski definition) is 3. The van der Waals surface area contributed by atoms with Gasteiger partial charge >= 0.3 is 6.18 Å². The third-order valence-corrected chi connectivity index (χ3v) is 3.45. The third kappa shape index (κ3) is 3.98. The molecule has 2 heterocycles. The van der Waals surface area contributed by atoms with Gasteiger partial charge in [0.25, 0.3) is 0 Å². The van der Waals surface area contributed by atoms with Crippen molar-refractivity contribution in [3.63, 3.8) is 0 Å². The molecule has 0 spiro atoms. The fourth-order valence-corrected chi connectivity index (χ4v) is 2.25. The molecule has 0 radical (unpaired) electrons. The van der Waals surface area contributed by atoms with Crippen molar-refractivity contribution in [2.45, 2.75) is 19.0 Å². The average molecular weight is 294 g/mol. The van der Waals surface area contributed by atoms with Crippen LogP contribution in [-0.2, 0) is 6.18 Å². The van der Waals surface area contributed by atoms with Crippen LogP contribution in [0.1, 0.15) is 18.4 Å². The Hall–Kier alpha value is -1.01. The molecule has 1 aliphatic rings. The van der Waals surface area contributed by atoms with Crippen LogP contribution in [0.5, 0.6) is 0 Å². The van der Waals surface area contributed by atoms with Crippen LogP contribution in [0.15, 0.2) is 12.3 Å². The van der Waals surface area contributed by atoms with Crippen molar-refractivity contribution >= 4 is 17.3 Å². The van der Waals surface area contributed by atoms with Gasteiger partial charge in [-0.05, 0) is 37.9 Å². The van der Waals surface area contributed by atoms with Crippen LogP contribution >= 0.6 is 11.6 Å². The van der Waals surface area contributed by atoms with E-state index in [2.05, 4.69) is 15.6 Å². The normalized spacial score (nSPS) is 20.3. The number of pyridine rings is 1. The van der Waals surface area contributed by atoms with Gasteiger partial charge in [-0.2, -0.15) is 13.2 Å². The predicted octanol–water partition coefficient (Wildman–Crippen LogP) is 3.17. The summed E-state index contributed by atoms with van der Waals surface area (Å²) in [6.07, 6.45) is -1.51. The van der Waals surface area contributed by atoms with Gasteiger partial charge in [0.05, 0.1) is 11.3 Å². The number of alkyl halides is 3. The summed E-state index contributed by atoms with van der Waals surface area (Å²) >= 11 is 5.81. The van der Waals surface area contributed by atoms with E-state index in [1.807, 2.05) is 0 Å². The molecule has 1 unspecified atom stereocenters. The van der Waals surface area contributed by atoms with E-state index in [1.54, 1.807) is 0 Å². The van der Waals surface area contributed by atoms with Crippen LogP contribution in [-0.4, -0.2) is 24.6 Å². The molecule has 1 fully saturated rings. The van der Waals surface area contributed by atoms with Crippen molar-refractivity contribution < 1.29 is 13.2 Å². The van der Waals surface area contributed by atoms with Gasteiger partial charge in [0.15, 0.2) is 5.15 Å². The van der Waals surface area contributed by atoms with Crippen LogP contribution in [0.3, 0.4) is 0 Å². The van der Waals surface area contributed by atoms with Crippen LogP contribution in [0.2, 0.25) is 5.15 Å². The van der Waals surface area contributed by atoms with E-state index < -0.39 is 11.7 Å². The summed E-state index contributed by atoms with van der Waals surface area (Å²) in [7, 11) is 0. The molecule has 2 N–H and O–H groups in total. The molecule has 1 aliphatic heterocycles. The molecule has 0 aliphatic carbocycles. The number of halogens is 4. The SMILES string of the molecule is FC(F)(F)c1cnc(Cl)c(NCC2CCCNC2)c1. The number of anilines is 1. The largest absolute Gasteiger partial charge is 0.417 e. The Bertz CT molecular complexity index is 431. The van der Waals surface area contributed by atoms with Crippen LogP contribution < -0.4 is 10.6 Å². The predicted molar refractivity (Wildman–Crippen MR) is 68.3 cm³/mol. The molecule has 2 rings (SSSR count). The molecule has 19 heavy (non-hydrogen) atoms. The summed E-state index contributed by atoms with van der Waals surface area (Å²) < 4.78 is 37.7. The minimum atomic E-state index is -4.40. The number of nitrogens with one attached hydrogen (secondary N) is 2. The Balaban J connectivity index is 2.02. The van der Waals surface area contributed by atoms with Gasteiger partial charge in [0.2, 0.25) is 0 Å². The standard InChI is InChI=1S/C12H15ClF3N3/c13-11-10(4-9(7-19-11)12(14,15)16)18-6-8-2-1-3-17-5-8/h4,7-8,17-18H,1-3,5-6H2. The van der Waals surface area contributed by atoms with Crippen molar-refractivity contribution in [2.24, 2.45) is 5.92 Å². The van der Waals surface area contributed by atoms with Gasteiger partial charge in [-0.25, -0.2) is 4.98 Å². The lowest BCUT2D eigenvalue weighted by Crippen LogP contribution is -2.33. The van der Waals surface area contributed by atoms with E-state index in [9.17, 15) is 13.2 Å². The van der Waals surface area contributed by atoms with Gasteiger partial charge in [-0.15, -0.1) is 0 Å². The summed E-state index contributed by atoms with van der Waals surface area (Å²) in [6.45, 7) is 2.47. The van der Waals surface area contributed by atoms with Gasteiger partial charge in [0, 0.05) is 12.7 Å². The molecule has 106 valence electrons. The molecule has 0 aromatic carbocycles. The van der Waals surface area contributed by atoms with Crippen LogP contribution in [0, 0.1) is 5.92 Å². The molecule has 3 nitrogen and oxygen atoms in total. The van der Waals surface area contributed by atoms with Crippen molar-refractivity contribution in [1.82, 2.24) is 10.3 Å². The smallest absolute Gasteiger partial charge is 0.382 e. The van der Waals surface area contributed by atoms with Gasteiger partial charge < -0.3 is 10.6 Å². The molecule has 1 aromatic heterocycles. The van der Waals surface area contributed by atoms with Gasteiger partial charge in [0.1, 0.15) is 0 Å². The van der Waals surface area contributed by atoms with Crippen molar-refractivity contribution in [3.8, 4) is 0 Å². The maximum absolute atomic E-state index is 12.6. The molecule has 0 bridgehead atoms. The van der Waals surface area contributed by atoms with Gasteiger partial charge in [-0.1, -0.05) is 11.6 Å². The highest BCUT2D eigenvalue weighted by molar-refractivity contribution is 6.31. The molecular formula is C12H15ClF3N3. The Kier molecular flexibility index (Phi) is 4.52.